The first-order valence-corrected chi connectivity index (χ1v) is 8.58. The summed E-state index contributed by atoms with van der Waals surface area (Å²) in [4.78, 5) is 8.87. The molecule has 0 atom stereocenters. The second-order valence-electron chi connectivity index (χ2n) is 4.56. The summed E-state index contributed by atoms with van der Waals surface area (Å²) in [6, 6.07) is 7.82. The van der Waals surface area contributed by atoms with Crippen molar-refractivity contribution in [1.82, 2.24) is 9.55 Å². The van der Waals surface area contributed by atoms with Gasteiger partial charge in [-0.15, -0.1) is 0 Å². The van der Waals surface area contributed by atoms with Crippen LogP contribution in [0.15, 0.2) is 35.5 Å². The van der Waals surface area contributed by atoms with Gasteiger partial charge in [-0.25, -0.2) is 4.98 Å². The lowest BCUT2D eigenvalue weighted by Crippen LogP contribution is -2.11. The Morgan fingerprint density at radius 3 is 2.68 bits per heavy atom. The van der Waals surface area contributed by atoms with Gasteiger partial charge in [0.05, 0.1) is 11.9 Å². The van der Waals surface area contributed by atoms with E-state index < -0.39 is 9.04 Å². The third-order valence-corrected chi connectivity index (χ3v) is 3.27. The van der Waals surface area contributed by atoms with E-state index in [1.165, 1.54) is 0 Å². The van der Waals surface area contributed by atoms with Crippen LogP contribution in [0.25, 0.3) is 0 Å². The van der Waals surface area contributed by atoms with Crippen LogP contribution in [0.1, 0.15) is 11.5 Å². The number of benzene rings is 1. The zero-order valence-corrected chi connectivity index (χ0v) is 12.7. The summed E-state index contributed by atoms with van der Waals surface area (Å²) in [6.07, 6.45) is 3.73. The molecule has 1 aromatic carbocycles. The van der Waals surface area contributed by atoms with E-state index in [1.54, 1.807) is 6.21 Å². The Hall–Kier alpha value is -1.88. The zero-order valence-electron chi connectivity index (χ0n) is 11.7. The monoisotopic (exact) mass is 272 g/mol. The third kappa shape index (κ3) is 3.54. The maximum Gasteiger partial charge on any atom is 0.274 e. The van der Waals surface area contributed by atoms with Crippen LogP contribution in [0, 0.1) is 6.92 Å². The van der Waals surface area contributed by atoms with Crippen molar-refractivity contribution in [3.8, 4) is 5.75 Å². The lowest BCUT2D eigenvalue weighted by Gasteiger charge is -2.10. The lowest BCUT2D eigenvalue weighted by molar-refractivity contribution is 0.582. The predicted molar refractivity (Wildman–Crippen MR) is 79.8 cm³/mol. The van der Waals surface area contributed by atoms with E-state index in [4.69, 9.17) is 4.43 Å². The van der Waals surface area contributed by atoms with Crippen molar-refractivity contribution in [2.45, 2.75) is 20.0 Å². The molecule has 0 saturated heterocycles. The molecule has 0 saturated carbocycles. The number of imidazole rings is 1. The summed E-state index contributed by atoms with van der Waals surface area (Å²) in [5.74, 6) is 1.81. The maximum absolute atomic E-state index is 5.83. The molecule has 0 fully saturated rings. The van der Waals surface area contributed by atoms with Crippen LogP contribution in [0.4, 0.5) is 5.69 Å². The molecule has 0 bridgehead atoms. The molecule has 0 aliphatic carbocycles. The number of rotatable bonds is 4. The van der Waals surface area contributed by atoms with Gasteiger partial charge in [0, 0.05) is 13.2 Å². The largest absolute Gasteiger partial charge is 0.541 e. The van der Waals surface area contributed by atoms with Gasteiger partial charge < -0.3 is 8.99 Å². The third-order valence-electron chi connectivity index (χ3n) is 2.64. The van der Waals surface area contributed by atoms with Crippen molar-refractivity contribution < 1.29 is 4.43 Å². The number of nitrogens with zero attached hydrogens (tertiary/aromatic N) is 3. The van der Waals surface area contributed by atoms with Gasteiger partial charge in [-0.2, -0.15) is 0 Å². The summed E-state index contributed by atoms with van der Waals surface area (Å²) in [5, 5.41) is 0. The second-order valence-corrected chi connectivity index (χ2v) is 6.58. The van der Waals surface area contributed by atoms with Crippen molar-refractivity contribution in [1.29, 1.82) is 0 Å². The van der Waals surface area contributed by atoms with Gasteiger partial charge in [0.15, 0.2) is 0 Å². The highest BCUT2D eigenvalue weighted by molar-refractivity contribution is 6.49. The average Bonchev–Trinajstić information content (AvgIpc) is 2.67. The minimum absolute atomic E-state index is 0.787. The summed E-state index contributed by atoms with van der Waals surface area (Å²) in [7, 11) is 1.18. The molecule has 0 aliphatic heterocycles. The molecule has 2 rings (SSSR count). The highest BCUT2D eigenvalue weighted by Crippen LogP contribution is 2.27. The fourth-order valence-electron chi connectivity index (χ4n) is 1.65. The Labute approximate surface area is 115 Å². The normalized spacial score (nSPS) is 11.4. The van der Waals surface area contributed by atoms with E-state index in [1.807, 2.05) is 49.0 Å². The highest BCUT2D eigenvalue weighted by Gasteiger charge is 2.05. The van der Waals surface area contributed by atoms with Gasteiger partial charge >= 0.3 is 0 Å². The summed E-state index contributed by atoms with van der Waals surface area (Å²) in [5.41, 5.74) is 1.70. The summed E-state index contributed by atoms with van der Waals surface area (Å²) in [6.45, 7) is 6.18. The molecule has 5 heteroatoms. The molecule has 1 heterocycles. The molecule has 0 unspecified atom stereocenters. The number of hydrogen-bond donors (Lipinski definition) is 0. The minimum Gasteiger partial charge on any atom is -0.541 e. The van der Waals surface area contributed by atoms with E-state index in [0.29, 0.717) is 0 Å². The zero-order chi connectivity index (χ0) is 13.8. The fraction of sp³-hybridized carbons (Fsp3) is 0.286. The quantitative estimate of drug-likeness (QED) is 0.633. The molecule has 0 aliphatic rings. The first-order chi connectivity index (χ1) is 9.06. The van der Waals surface area contributed by atoms with E-state index >= 15 is 0 Å². The molecular weight excluding hydrogens is 254 g/mol. The smallest absolute Gasteiger partial charge is 0.274 e. The van der Waals surface area contributed by atoms with Gasteiger partial charge in [-0.3, -0.25) is 4.99 Å². The number of aryl methyl sites for hydroxylation is 2. The van der Waals surface area contributed by atoms with E-state index in [2.05, 4.69) is 23.1 Å². The fourth-order valence-corrected chi connectivity index (χ4v) is 2.27. The Kier molecular flexibility index (Phi) is 4.16. The van der Waals surface area contributed by atoms with E-state index in [9.17, 15) is 0 Å². The van der Waals surface area contributed by atoms with Crippen LogP contribution in [-0.2, 0) is 7.05 Å². The SMILES string of the molecule is Cc1nc(C=Nc2ccccc2O[Si](C)C)cn1C. The maximum atomic E-state index is 5.83. The molecule has 0 N–H and O–H groups in total. The van der Waals surface area contributed by atoms with Gasteiger partial charge in [-0.1, -0.05) is 12.1 Å². The molecule has 99 valence electrons. The van der Waals surface area contributed by atoms with Gasteiger partial charge in [-0.05, 0) is 32.2 Å². The van der Waals surface area contributed by atoms with Crippen LogP contribution < -0.4 is 4.43 Å². The summed E-state index contributed by atoms with van der Waals surface area (Å²) >= 11 is 0. The number of aromatic nitrogens is 2. The average molecular weight is 272 g/mol. The number of aliphatic imine (C=N–C) groups is 1. The van der Waals surface area contributed by atoms with Crippen molar-refractivity contribution in [2.75, 3.05) is 0 Å². The molecule has 2 aromatic rings. The standard InChI is InChI=1S/C14H18N3OSi/c1-11-16-12(10-17(11)2)9-15-13-7-5-6-8-14(13)18-19(3)4/h5-10H,1-4H3. The topological polar surface area (TPSA) is 39.4 Å². The molecule has 1 aromatic heterocycles. The molecule has 0 amide bonds. The Bertz CT molecular complexity index is 571. The van der Waals surface area contributed by atoms with Crippen LogP contribution in [0.3, 0.4) is 0 Å². The Morgan fingerprint density at radius 1 is 1.32 bits per heavy atom. The predicted octanol–water partition coefficient (Wildman–Crippen LogP) is 3.11. The van der Waals surface area contributed by atoms with Crippen molar-refractivity contribution >= 4 is 20.9 Å². The number of para-hydroxylation sites is 2. The van der Waals surface area contributed by atoms with Gasteiger partial charge in [0.1, 0.15) is 17.3 Å². The molecule has 19 heavy (non-hydrogen) atoms. The van der Waals surface area contributed by atoms with Gasteiger partial charge in [0.2, 0.25) is 0 Å². The van der Waals surface area contributed by atoms with Crippen molar-refractivity contribution in [2.24, 2.45) is 12.0 Å². The molecular formula is C14H18N3OSi. The van der Waals surface area contributed by atoms with E-state index in [-0.39, 0.29) is 0 Å². The Morgan fingerprint density at radius 2 is 2.05 bits per heavy atom. The minimum atomic E-state index is -0.787. The molecule has 4 nitrogen and oxygen atoms in total. The Balaban J connectivity index is 2.23. The van der Waals surface area contributed by atoms with Crippen LogP contribution >= 0.6 is 0 Å². The first kappa shape index (κ1) is 13.5. The molecule has 0 spiro atoms. The van der Waals surface area contributed by atoms with Crippen molar-refractivity contribution in [3.63, 3.8) is 0 Å². The van der Waals surface area contributed by atoms with Crippen LogP contribution in [0.5, 0.6) is 5.75 Å². The summed E-state index contributed by atoms with van der Waals surface area (Å²) < 4.78 is 7.80. The highest BCUT2D eigenvalue weighted by atomic mass is 28.3. The molecule has 1 radical (unpaired) electrons. The van der Waals surface area contributed by atoms with Crippen molar-refractivity contribution in [3.05, 3.63) is 42.0 Å². The lowest BCUT2D eigenvalue weighted by atomic mass is 10.3. The van der Waals surface area contributed by atoms with E-state index in [0.717, 1.165) is 23.0 Å². The van der Waals surface area contributed by atoms with Gasteiger partial charge in [0.25, 0.3) is 9.04 Å². The number of hydrogen-bond acceptors (Lipinski definition) is 3. The van der Waals surface area contributed by atoms with Crippen LogP contribution in [-0.4, -0.2) is 24.8 Å². The second kappa shape index (κ2) is 5.84. The first-order valence-electron chi connectivity index (χ1n) is 6.17. The van der Waals surface area contributed by atoms with Crippen LogP contribution in [0.2, 0.25) is 13.1 Å².